The van der Waals surface area contributed by atoms with E-state index in [0.717, 1.165) is 6.54 Å². The Bertz CT molecular complexity index is 795. The molecule has 15 heteroatoms. The van der Waals surface area contributed by atoms with Gasteiger partial charge in [-0.05, 0) is 19.2 Å². The number of hydrogen-bond donors (Lipinski definition) is 1. The van der Waals surface area contributed by atoms with Gasteiger partial charge in [0.25, 0.3) is 0 Å². The number of likely N-dealkylation sites (N-methyl/N-ethyl adjacent to an activating group) is 1. The van der Waals surface area contributed by atoms with Crippen LogP contribution in [0.25, 0.3) is 0 Å². The fourth-order valence-electron chi connectivity index (χ4n) is 3.55. The van der Waals surface area contributed by atoms with E-state index in [4.69, 9.17) is 61.6 Å². The maximum Gasteiger partial charge on any atom is 0.338 e. The second-order valence-corrected chi connectivity index (χ2v) is 9.95. The lowest BCUT2D eigenvalue weighted by atomic mass is 10.2. The molecule has 0 saturated heterocycles. The summed E-state index contributed by atoms with van der Waals surface area (Å²) in [7, 11) is 1.89. The number of carbonyl (C=O) groups is 1. The highest BCUT2D eigenvalue weighted by Crippen LogP contribution is 2.00. The van der Waals surface area contributed by atoms with E-state index in [0.29, 0.717) is 164 Å². The van der Waals surface area contributed by atoms with E-state index < -0.39 is 0 Å². The van der Waals surface area contributed by atoms with E-state index in [2.05, 4.69) is 5.32 Å². The molecule has 1 aromatic rings. The van der Waals surface area contributed by atoms with E-state index in [1.807, 2.05) is 13.1 Å². The van der Waals surface area contributed by atoms with Crippen molar-refractivity contribution in [1.82, 2.24) is 5.32 Å². The summed E-state index contributed by atoms with van der Waals surface area (Å²) in [5, 5.41) is 3.02. The predicted molar refractivity (Wildman–Crippen MR) is 180 cm³/mol. The minimum Gasteiger partial charge on any atom is -0.460 e. The van der Waals surface area contributed by atoms with Crippen molar-refractivity contribution < 1.29 is 66.4 Å². The van der Waals surface area contributed by atoms with Crippen molar-refractivity contribution >= 4 is 5.97 Å². The maximum atomic E-state index is 11.8. The van der Waals surface area contributed by atoms with Crippen molar-refractivity contribution in [2.75, 3.05) is 179 Å². The molecule has 0 aliphatic rings. The Hall–Kier alpha value is -1.83. The van der Waals surface area contributed by atoms with Crippen LogP contribution in [-0.4, -0.2) is 185 Å². The largest absolute Gasteiger partial charge is 0.460 e. The molecule has 1 aromatic carbocycles. The quantitative estimate of drug-likeness (QED) is 0.0770. The minimum absolute atomic E-state index is 0.201. The molecular weight excluding hydrogens is 646 g/mol. The molecule has 0 fully saturated rings. The Balaban J connectivity index is 1.62. The molecule has 0 aliphatic carbocycles. The molecule has 0 bridgehead atoms. The van der Waals surface area contributed by atoms with Gasteiger partial charge in [-0.1, -0.05) is 18.2 Å². The van der Waals surface area contributed by atoms with Gasteiger partial charge >= 0.3 is 5.97 Å². The fourth-order valence-corrected chi connectivity index (χ4v) is 3.55. The molecule has 0 spiro atoms. The molecule has 0 saturated carbocycles. The Morgan fingerprint density at radius 2 is 0.633 bits per heavy atom. The Morgan fingerprint density at radius 1 is 0.388 bits per heavy atom. The summed E-state index contributed by atoms with van der Waals surface area (Å²) < 4.78 is 70.5. The maximum absolute atomic E-state index is 11.8. The molecule has 15 nitrogen and oxygen atoms in total. The molecule has 0 unspecified atom stereocenters. The normalized spacial score (nSPS) is 11.4. The average Bonchev–Trinajstić information content (AvgIpc) is 3.13. The standard InChI is InChI=1S/C34H61NO14/c1-35-7-8-37-9-10-38-11-12-39-13-14-40-15-16-41-17-18-42-19-20-43-21-22-44-23-24-45-25-26-46-27-28-47-29-30-48-31-32-49-34(36)33-5-3-2-4-6-33/h2-6,35H,7-32H2,1H3. The van der Waals surface area contributed by atoms with Crippen LogP contribution in [0.15, 0.2) is 30.3 Å². The van der Waals surface area contributed by atoms with Crippen molar-refractivity contribution in [3.63, 3.8) is 0 Å². The van der Waals surface area contributed by atoms with Crippen molar-refractivity contribution in [2.45, 2.75) is 0 Å². The van der Waals surface area contributed by atoms with Gasteiger partial charge in [0.1, 0.15) is 6.61 Å². The van der Waals surface area contributed by atoms with E-state index in [1.54, 1.807) is 24.3 Å². The second-order valence-electron chi connectivity index (χ2n) is 9.95. The minimum atomic E-state index is -0.357. The van der Waals surface area contributed by atoms with Crippen LogP contribution in [0.1, 0.15) is 10.4 Å². The lowest BCUT2D eigenvalue weighted by molar-refractivity contribution is -0.0287. The smallest absolute Gasteiger partial charge is 0.338 e. The van der Waals surface area contributed by atoms with E-state index in [-0.39, 0.29) is 12.6 Å². The molecule has 0 radical (unpaired) electrons. The number of nitrogens with one attached hydrogen (secondary N) is 1. The number of esters is 1. The SMILES string of the molecule is CNCCOCCOCCOCCOCCOCCOCCOCCOCCOCCOCCOCCOCCOC(=O)c1ccccc1. The van der Waals surface area contributed by atoms with E-state index >= 15 is 0 Å². The zero-order valence-electron chi connectivity index (χ0n) is 29.5. The third kappa shape index (κ3) is 34.4. The van der Waals surface area contributed by atoms with E-state index in [9.17, 15) is 4.79 Å². The van der Waals surface area contributed by atoms with Gasteiger partial charge < -0.3 is 66.9 Å². The van der Waals surface area contributed by atoms with Gasteiger partial charge in [-0.3, -0.25) is 0 Å². The summed E-state index contributed by atoms with van der Waals surface area (Å²) in [5.41, 5.74) is 0.525. The first-order valence-corrected chi connectivity index (χ1v) is 17.1. The van der Waals surface area contributed by atoms with Gasteiger partial charge in [-0.25, -0.2) is 4.79 Å². The Morgan fingerprint density at radius 3 is 0.898 bits per heavy atom. The Kier molecular flexibility index (Phi) is 35.9. The van der Waals surface area contributed by atoms with Crippen LogP contribution in [0.5, 0.6) is 0 Å². The zero-order valence-corrected chi connectivity index (χ0v) is 29.5. The lowest BCUT2D eigenvalue weighted by Crippen LogP contribution is -2.17. The molecule has 1 rings (SSSR count). The number of rotatable bonds is 40. The molecule has 0 atom stereocenters. The van der Waals surface area contributed by atoms with Gasteiger partial charge in [0.15, 0.2) is 0 Å². The molecule has 49 heavy (non-hydrogen) atoms. The molecule has 0 aliphatic heterocycles. The van der Waals surface area contributed by atoms with Crippen molar-refractivity contribution in [1.29, 1.82) is 0 Å². The van der Waals surface area contributed by atoms with Crippen LogP contribution in [0.4, 0.5) is 0 Å². The number of ether oxygens (including phenoxy) is 13. The summed E-state index contributed by atoms with van der Waals surface area (Å²) in [5.74, 6) is -0.357. The fraction of sp³-hybridized carbons (Fsp3) is 0.794. The first-order chi connectivity index (χ1) is 24.3. The van der Waals surface area contributed by atoms with Crippen LogP contribution in [0.2, 0.25) is 0 Å². The van der Waals surface area contributed by atoms with Crippen molar-refractivity contribution in [2.24, 2.45) is 0 Å². The molecule has 0 heterocycles. The predicted octanol–water partition coefficient (Wildman–Crippen LogP) is 1.26. The van der Waals surface area contributed by atoms with Gasteiger partial charge in [0.05, 0.1) is 164 Å². The summed E-state index contributed by atoms with van der Waals surface area (Å²) in [4.78, 5) is 11.8. The second kappa shape index (κ2) is 39.0. The molecule has 1 N–H and O–H groups in total. The van der Waals surface area contributed by atoms with Crippen molar-refractivity contribution in [3.05, 3.63) is 35.9 Å². The first-order valence-electron chi connectivity index (χ1n) is 17.1. The van der Waals surface area contributed by atoms with E-state index in [1.165, 1.54) is 0 Å². The summed E-state index contributed by atoms with van der Waals surface area (Å²) in [6, 6.07) is 8.85. The zero-order chi connectivity index (χ0) is 35.0. The van der Waals surface area contributed by atoms with Gasteiger partial charge in [0, 0.05) is 6.54 Å². The van der Waals surface area contributed by atoms with Gasteiger partial charge in [-0.15, -0.1) is 0 Å². The number of benzene rings is 1. The number of carbonyl (C=O) groups excluding carboxylic acids is 1. The molecule has 0 aromatic heterocycles. The summed E-state index contributed by atoms with van der Waals surface area (Å²) in [6.45, 7) is 13.1. The Labute approximate surface area is 292 Å². The molecular formula is C34H61NO14. The number of hydrogen-bond acceptors (Lipinski definition) is 15. The van der Waals surface area contributed by atoms with Crippen LogP contribution in [0.3, 0.4) is 0 Å². The highest BCUT2D eigenvalue weighted by Gasteiger charge is 2.05. The highest BCUT2D eigenvalue weighted by molar-refractivity contribution is 5.89. The molecule has 286 valence electrons. The highest BCUT2D eigenvalue weighted by atomic mass is 16.6. The summed E-state index contributed by atoms with van der Waals surface area (Å²) in [6.07, 6.45) is 0. The van der Waals surface area contributed by atoms with Crippen LogP contribution in [0, 0.1) is 0 Å². The van der Waals surface area contributed by atoms with Gasteiger partial charge in [0.2, 0.25) is 0 Å². The third-order valence-corrected chi connectivity index (χ3v) is 6.06. The molecule has 0 amide bonds. The van der Waals surface area contributed by atoms with Gasteiger partial charge in [-0.2, -0.15) is 0 Å². The topological polar surface area (TPSA) is 149 Å². The summed E-state index contributed by atoms with van der Waals surface area (Å²) >= 11 is 0. The average molecular weight is 708 g/mol. The monoisotopic (exact) mass is 707 g/mol. The van der Waals surface area contributed by atoms with Crippen LogP contribution >= 0.6 is 0 Å². The van der Waals surface area contributed by atoms with Crippen LogP contribution < -0.4 is 5.32 Å². The third-order valence-electron chi connectivity index (χ3n) is 6.06. The van der Waals surface area contributed by atoms with Crippen molar-refractivity contribution in [3.8, 4) is 0 Å². The first kappa shape index (κ1) is 45.2. The lowest BCUT2D eigenvalue weighted by Gasteiger charge is -2.09. The van der Waals surface area contributed by atoms with Crippen LogP contribution in [-0.2, 0) is 61.6 Å².